The van der Waals surface area contributed by atoms with Crippen LogP contribution in [0.2, 0.25) is 0 Å². The number of benzene rings is 2. The molecular formula is C18H17F2N3O8S. The molecule has 0 saturated carbocycles. The van der Waals surface area contributed by atoms with Crippen molar-refractivity contribution in [2.24, 2.45) is 0 Å². The largest absolute Gasteiger partial charge is 0.490 e. The second-order valence-electron chi connectivity index (χ2n) is 6.07. The number of nitro benzene ring substituents is 1. The van der Waals surface area contributed by atoms with E-state index in [9.17, 15) is 36.9 Å². The number of ether oxygens (including phenoxy) is 2. The topological polar surface area (TPSA) is 154 Å². The van der Waals surface area contributed by atoms with Gasteiger partial charge in [-0.2, -0.15) is 0 Å². The lowest BCUT2D eigenvalue weighted by Crippen LogP contribution is -2.28. The Balaban J connectivity index is 1.85. The maximum absolute atomic E-state index is 13.5. The highest BCUT2D eigenvalue weighted by atomic mass is 32.2. The Labute approximate surface area is 180 Å². The van der Waals surface area contributed by atoms with Gasteiger partial charge in [-0.05, 0) is 24.3 Å². The predicted molar refractivity (Wildman–Crippen MR) is 105 cm³/mol. The van der Waals surface area contributed by atoms with E-state index in [0.717, 1.165) is 36.4 Å². The van der Waals surface area contributed by atoms with E-state index in [1.54, 1.807) is 0 Å². The van der Waals surface area contributed by atoms with E-state index in [0.29, 0.717) is 0 Å². The van der Waals surface area contributed by atoms with Crippen LogP contribution in [-0.4, -0.2) is 45.5 Å². The summed E-state index contributed by atoms with van der Waals surface area (Å²) in [7, 11) is -3.00. The fraction of sp³-hybridized carbons (Fsp3) is 0.222. The number of amides is 1. The molecule has 172 valence electrons. The number of rotatable bonds is 10. The van der Waals surface area contributed by atoms with Crippen LogP contribution in [-0.2, 0) is 24.3 Å². The van der Waals surface area contributed by atoms with Gasteiger partial charge >= 0.3 is 11.7 Å². The summed E-state index contributed by atoms with van der Waals surface area (Å²) >= 11 is 0. The van der Waals surface area contributed by atoms with Gasteiger partial charge in [0.2, 0.25) is 10.0 Å². The molecule has 2 N–H and O–H groups in total. The molecule has 0 spiro atoms. The highest BCUT2D eigenvalue weighted by molar-refractivity contribution is 7.89. The number of nitro groups is 1. The lowest BCUT2D eigenvalue weighted by molar-refractivity contribution is -0.386. The Kier molecular flexibility index (Phi) is 8.15. The summed E-state index contributed by atoms with van der Waals surface area (Å²) in [6.07, 6.45) is -0.473. The van der Waals surface area contributed by atoms with Gasteiger partial charge < -0.3 is 14.8 Å². The van der Waals surface area contributed by atoms with Gasteiger partial charge in [0.25, 0.3) is 5.91 Å². The summed E-state index contributed by atoms with van der Waals surface area (Å²) in [5, 5.41) is 13.0. The summed E-state index contributed by atoms with van der Waals surface area (Å²) < 4.78 is 62.5. The van der Waals surface area contributed by atoms with Gasteiger partial charge in [-0.15, -0.1) is 0 Å². The highest BCUT2D eigenvalue weighted by Crippen LogP contribution is 2.29. The third-order valence-electron chi connectivity index (χ3n) is 3.85. The fourth-order valence-electron chi connectivity index (χ4n) is 2.35. The summed E-state index contributed by atoms with van der Waals surface area (Å²) in [6.45, 7) is -1.24. The number of nitrogens with one attached hydrogen (secondary N) is 2. The van der Waals surface area contributed by atoms with Crippen molar-refractivity contribution >= 4 is 33.3 Å². The van der Waals surface area contributed by atoms with Crippen molar-refractivity contribution in [1.82, 2.24) is 4.72 Å². The van der Waals surface area contributed by atoms with Gasteiger partial charge in [-0.25, -0.2) is 21.9 Å². The van der Waals surface area contributed by atoms with E-state index in [2.05, 4.69) is 9.46 Å². The minimum absolute atomic E-state index is 0.131. The van der Waals surface area contributed by atoms with Crippen molar-refractivity contribution < 1.29 is 41.2 Å². The first-order valence-electron chi connectivity index (χ1n) is 8.76. The molecule has 0 bridgehead atoms. The van der Waals surface area contributed by atoms with Crippen molar-refractivity contribution in [3.8, 4) is 5.75 Å². The minimum atomic E-state index is -4.19. The Morgan fingerprint density at radius 3 is 2.53 bits per heavy atom. The molecule has 0 saturated heterocycles. The van der Waals surface area contributed by atoms with Crippen LogP contribution in [0, 0.1) is 21.7 Å². The van der Waals surface area contributed by atoms with E-state index in [4.69, 9.17) is 4.74 Å². The monoisotopic (exact) mass is 473 g/mol. The van der Waals surface area contributed by atoms with E-state index in [1.165, 1.54) is 7.11 Å². The van der Waals surface area contributed by atoms with Gasteiger partial charge in [0.05, 0.1) is 29.0 Å². The zero-order valence-electron chi connectivity index (χ0n) is 16.5. The Hall–Kier alpha value is -3.65. The van der Waals surface area contributed by atoms with Gasteiger partial charge in [-0.3, -0.25) is 19.7 Å². The average molecular weight is 473 g/mol. The third kappa shape index (κ3) is 6.68. The average Bonchev–Trinajstić information content (AvgIpc) is 2.74. The Bertz CT molecular complexity index is 1140. The normalized spacial score (nSPS) is 11.0. The molecule has 14 heteroatoms. The van der Waals surface area contributed by atoms with Crippen molar-refractivity contribution in [2.75, 3.05) is 25.6 Å². The SMILES string of the molecule is COc1ccc(S(=O)(=O)NCCC(=O)OCC(=O)Nc2cc(F)ccc2F)cc1[N+](=O)[O-]. The second-order valence-corrected chi connectivity index (χ2v) is 7.84. The molecule has 0 radical (unpaired) electrons. The fourth-order valence-corrected chi connectivity index (χ4v) is 3.40. The first kappa shape index (κ1) is 24.6. The van der Waals surface area contributed by atoms with Crippen molar-refractivity contribution in [3.63, 3.8) is 0 Å². The van der Waals surface area contributed by atoms with E-state index in [1.807, 2.05) is 5.32 Å². The van der Waals surface area contributed by atoms with Gasteiger partial charge in [0.15, 0.2) is 12.4 Å². The van der Waals surface area contributed by atoms with Crippen molar-refractivity contribution in [1.29, 1.82) is 0 Å². The standard InChI is InChI=1S/C18H17F2N3O8S/c1-30-16-5-3-12(9-15(16)23(26)27)32(28,29)21-7-6-18(25)31-10-17(24)22-14-8-11(19)2-4-13(14)20/h2-5,8-9,21H,6-7,10H2,1H3,(H,22,24). The van der Waals surface area contributed by atoms with Crippen LogP contribution in [0.1, 0.15) is 6.42 Å². The molecule has 0 aromatic heterocycles. The number of hydrogen-bond acceptors (Lipinski definition) is 8. The van der Waals surface area contributed by atoms with Crippen LogP contribution in [0.3, 0.4) is 0 Å². The number of carbonyl (C=O) groups excluding carboxylic acids is 2. The Morgan fingerprint density at radius 1 is 1.16 bits per heavy atom. The van der Waals surface area contributed by atoms with Crippen LogP contribution in [0.4, 0.5) is 20.2 Å². The number of esters is 1. The summed E-state index contributed by atoms with van der Waals surface area (Å²) in [5.74, 6) is -3.70. The molecule has 2 aromatic rings. The quantitative estimate of drug-likeness (QED) is 0.300. The van der Waals surface area contributed by atoms with Gasteiger partial charge in [0, 0.05) is 18.7 Å². The number of sulfonamides is 1. The molecule has 0 unspecified atom stereocenters. The first-order valence-corrected chi connectivity index (χ1v) is 10.2. The number of methoxy groups -OCH3 is 1. The predicted octanol–water partition coefficient (Wildman–Crippen LogP) is 1.73. The molecule has 2 rings (SSSR count). The zero-order chi connectivity index (χ0) is 23.9. The lowest BCUT2D eigenvalue weighted by Gasteiger charge is -2.09. The third-order valence-corrected chi connectivity index (χ3v) is 5.30. The zero-order valence-corrected chi connectivity index (χ0v) is 17.3. The highest BCUT2D eigenvalue weighted by Gasteiger charge is 2.22. The molecule has 11 nitrogen and oxygen atoms in total. The molecular weight excluding hydrogens is 456 g/mol. The lowest BCUT2D eigenvalue weighted by atomic mass is 10.3. The van der Waals surface area contributed by atoms with E-state index < -0.39 is 74.3 Å². The summed E-state index contributed by atoms with van der Waals surface area (Å²) in [6, 6.07) is 5.41. The maximum atomic E-state index is 13.5. The van der Waals surface area contributed by atoms with E-state index in [-0.39, 0.29) is 5.75 Å². The van der Waals surface area contributed by atoms with Crippen molar-refractivity contribution in [2.45, 2.75) is 11.3 Å². The second kappa shape index (κ2) is 10.6. The molecule has 32 heavy (non-hydrogen) atoms. The van der Waals surface area contributed by atoms with E-state index >= 15 is 0 Å². The van der Waals surface area contributed by atoms with Crippen molar-refractivity contribution in [3.05, 3.63) is 58.1 Å². The molecule has 0 aliphatic heterocycles. The van der Waals surface area contributed by atoms with Crippen LogP contribution in [0.15, 0.2) is 41.3 Å². The summed E-state index contributed by atoms with van der Waals surface area (Å²) in [5.41, 5.74) is -0.997. The number of anilines is 1. The number of carbonyl (C=O) groups is 2. The summed E-state index contributed by atoms with van der Waals surface area (Å²) in [4.78, 5) is 33.2. The van der Waals surface area contributed by atoms with Crippen LogP contribution >= 0.6 is 0 Å². The van der Waals surface area contributed by atoms with Crippen LogP contribution in [0.25, 0.3) is 0 Å². The molecule has 0 atom stereocenters. The number of halogens is 2. The molecule has 0 aliphatic rings. The smallest absolute Gasteiger partial charge is 0.312 e. The molecule has 0 heterocycles. The van der Waals surface area contributed by atoms with Crippen LogP contribution < -0.4 is 14.8 Å². The molecule has 2 aromatic carbocycles. The number of hydrogen-bond donors (Lipinski definition) is 2. The molecule has 0 aliphatic carbocycles. The van der Waals surface area contributed by atoms with Gasteiger partial charge in [0.1, 0.15) is 11.6 Å². The Morgan fingerprint density at radius 2 is 1.88 bits per heavy atom. The molecule has 1 amide bonds. The first-order chi connectivity index (χ1) is 15.0. The number of nitrogens with zero attached hydrogens (tertiary/aromatic N) is 1. The van der Waals surface area contributed by atoms with Crippen LogP contribution in [0.5, 0.6) is 5.75 Å². The van der Waals surface area contributed by atoms with Gasteiger partial charge in [-0.1, -0.05) is 0 Å². The maximum Gasteiger partial charge on any atom is 0.312 e. The minimum Gasteiger partial charge on any atom is -0.490 e. The molecule has 0 fully saturated rings.